The van der Waals surface area contributed by atoms with Crippen LogP contribution in [-0.2, 0) is 0 Å². The number of benzene rings is 3. The van der Waals surface area contributed by atoms with Crippen LogP contribution < -0.4 is 5.32 Å². The zero-order chi connectivity index (χ0) is 19.5. The standard InChI is InChI=1S/C23H17ClN2O2/c24-19-11-5-4-10-17(19)21(26-23(28)16-7-2-1-3-8-16)18-13-12-15-9-6-14-25-20(15)22(18)27/h1-14,21,27H,(H,26,28)/t21-/m1/s1. The molecular formula is C23H17ClN2O2. The van der Waals surface area contributed by atoms with Gasteiger partial charge in [-0.3, -0.25) is 9.78 Å². The molecule has 2 N–H and O–H groups in total. The molecule has 0 saturated heterocycles. The number of rotatable bonds is 4. The van der Waals surface area contributed by atoms with Crippen molar-refractivity contribution in [2.45, 2.75) is 6.04 Å². The molecule has 0 fully saturated rings. The summed E-state index contributed by atoms with van der Waals surface area (Å²) in [6, 6.07) is 22.9. The van der Waals surface area contributed by atoms with Crippen LogP contribution >= 0.6 is 11.6 Å². The number of carbonyl (C=O) groups excluding carboxylic acids is 1. The second kappa shape index (κ2) is 7.71. The number of nitrogens with one attached hydrogen (secondary N) is 1. The van der Waals surface area contributed by atoms with E-state index in [1.54, 1.807) is 42.6 Å². The molecular weight excluding hydrogens is 372 g/mol. The van der Waals surface area contributed by atoms with Gasteiger partial charge in [0.1, 0.15) is 11.3 Å². The van der Waals surface area contributed by atoms with E-state index in [4.69, 9.17) is 11.6 Å². The fourth-order valence-electron chi connectivity index (χ4n) is 3.21. The van der Waals surface area contributed by atoms with E-state index in [0.717, 1.165) is 5.39 Å². The molecule has 0 aliphatic heterocycles. The molecule has 0 aliphatic rings. The quantitative estimate of drug-likeness (QED) is 0.510. The predicted molar refractivity (Wildman–Crippen MR) is 111 cm³/mol. The average molecular weight is 389 g/mol. The lowest BCUT2D eigenvalue weighted by Gasteiger charge is -2.22. The lowest BCUT2D eigenvalue weighted by molar-refractivity contribution is 0.0943. The highest BCUT2D eigenvalue weighted by molar-refractivity contribution is 6.31. The first-order chi connectivity index (χ1) is 13.6. The number of hydrogen-bond donors (Lipinski definition) is 2. The lowest BCUT2D eigenvalue weighted by atomic mass is 9.95. The third-order valence-electron chi connectivity index (χ3n) is 4.62. The molecule has 0 spiro atoms. The average Bonchev–Trinajstić information content (AvgIpc) is 2.74. The van der Waals surface area contributed by atoms with E-state index in [9.17, 15) is 9.90 Å². The Morgan fingerprint density at radius 1 is 0.893 bits per heavy atom. The minimum absolute atomic E-state index is 0.0244. The van der Waals surface area contributed by atoms with Crippen molar-refractivity contribution in [1.82, 2.24) is 10.3 Å². The Hall–Kier alpha value is -3.37. The summed E-state index contributed by atoms with van der Waals surface area (Å²) in [4.78, 5) is 17.1. The number of phenolic OH excluding ortho intramolecular Hbond substituents is 1. The largest absolute Gasteiger partial charge is 0.505 e. The first kappa shape index (κ1) is 18.0. The highest BCUT2D eigenvalue weighted by atomic mass is 35.5. The summed E-state index contributed by atoms with van der Waals surface area (Å²) in [6.07, 6.45) is 1.62. The lowest BCUT2D eigenvalue weighted by Crippen LogP contribution is -2.29. The number of halogens is 1. The minimum atomic E-state index is -0.632. The molecule has 0 saturated carbocycles. The molecule has 28 heavy (non-hydrogen) atoms. The number of pyridine rings is 1. The molecule has 4 rings (SSSR count). The van der Waals surface area contributed by atoms with Gasteiger partial charge in [0.25, 0.3) is 5.91 Å². The van der Waals surface area contributed by atoms with Crippen LogP contribution in [0.25, 0.3) is 10.9 Å². The molecule has 0 aliphatic carbocycles. The Morgan fingerprint density at radius 2 is 1.64 bits per heavy atom. The van der Waals surface area contributed by atoms with Crippen LogP contribution in [0.4, 0.5) is 0 Å². The Morgan fingerprint density at radius 3 is 2.43 bits per heavy atom. The van der Waals surface area contributed by atoms with E-state index < -0.39 is 6.04 Å². The van der Waals surface area contributed by atoms with Crippen molar-refractivity contribution in [3.05, 3.63) is 107 Å². The molecule has 5 heteroatoms. The molecule has 0 bridgehead atoms. The molecule has 1 aromatic heterocycles. The maximum Gasteiger partial charge on any atom is 0.252 e. The number of aromatic hydroxyl groups is 1. The second-order valence-electron chi connectivity index (χ2n) is 6.37. The SMILES string of the molecule is O=C(N[C@H](c1ccccc1Cl)c1ccc2cccnc2c1O)c1ccccc1. The Labute approximate surface area is 167 Å². The predicted octanol–water partition coefficient (Wildman–Crippen LogP) is 5.11. The van der Waals surface area contributed by atoms with Crippen LogP contribution in [0.3, 0.4) is 0 Å². The van der Waals surface area contributed by atoms with Gasteiger partial charge in [-0.25, -0.2) is 0 Å². The van der Waals surface area contributed by atoms with Crippen molar-refractivity contribution >= 4 is 28.4 Å². The van der Waals surface area contributed by atoms with Crippen LogP contribution in [0, 0.1) is 0 Å². The van der Waals surface area contributed by atoms with Gasteiger partial charge in [0.2, 0.25) is 0 Å². The fraction of sp³-hybridized carbons (Fsp3) is 0.0435. The highest BCUT2D eigenvalue weighted by Gasteiger charge is 2.24. The van der Waals surface area contributed by atoms with Gasteiger partial charge in [0.15, 0.2) is 0 Å². The van der Waals surface area contributed by atoms with E-state index in [2.05, 4.69) is 10.3 Å². The number of nitrogens with zero attached hydrogens (tertiary/aromatic N) is 1. The molecule has 4 aromatic rings. The zero-order valence-electron chi connectivity index (χ0n) is 14.8. The first-order valence-corrected chi connectivity index (χ1v) is 9.20. The summed E-state index contributed by atoms with van der Waals surface area (Å²) in [5.74, 6) is -0.234. The molecule has 4 nitrogen and oxygen atoms in total. The molecule has 1 heterocycles. The van der Waals surface area contributed by atoms with Crippen molar-refractivity contribution in [2.24, 2.45) is 0 Å². The Balaban J connectivity index is 1.83. The topological polar surface area (TPSA) is 62.2 Å². The van der Waals surface area contributed by atoms with Crippen molar-refractivity contribution in [2.75, 3.05) is 0 Å². The molecule has 1 amide bonds. The van der Waals surface area contributed by atoms with E-state index >= 15 is 0 Å². The molecule has 3 aromatic carbocycles. The number of hydrogen-bond acceptors (Lipinski definition) is 3. The van der Waals surface area contributed by atoms with Crippen molar-refractivity contribution in [3.63, 3.8) is 0 Å². The number of amides is 1. The van der Waals surface area contributed by atoms with Gasteiger partial charge in [-0.05, 0) is 29.8 Å². The van der Waals surface area contributed by atoms with E-state index in [-0.39, 0.29) is 11.7 Å². The summed E-state index contributed by atoms with van der Waals surface area (Å²) in [5, 5.41) is 15.2. The van der Waals surface area contributed by atoms with E-state index in [0.29, 0.717) is 27.2 Å². The smallest absolute Gasteiger partial charge is 0.252 e. The highest BCUT2D eigenvalue weighted by Crippen LogP contribution is 2.36. The van der Waals surface area contributed by atoms with Crippen LogP contribution in [0.15, 0.2) is 85.1 Å². The van der Waals surface area contributed by atoms with Gasteiger partial charge in [0, 0.05) is 27.7 Å². The van der Waals surface area contributed by atoms with Crippen molar-refractivity contribution < 1.29 is 9.90 Å². The molecule has 1 atom stereocenters. The summed E-state index contributed by atoms with van der Waals surface area (Å²) in [5.41, 5.74) is 2.23. The fourth-order valence-corrected chi connectivity index (χ4v) is 3.46. The number of aromatic nitrogens is 1. The minimum Gasteiger partial charge on any atom is -0.505 e. The molecule has 138 valence electrons. The summed E-state index contributed by atoms with van der Waals surface area (Å²) in [6.45, 7) is 0. The van der Waals surface area contributed by atoms with Gasteiger partial charge in [0.05, 0.1) is 6.04 Å². The third-order valence-corrected chi connectivity index (χ3v) is 4.96. The van der Waals surface area contributed by atoms with Crippen molar-refractivity contribution in [3.8, 4) is 5.75 Å². The Bertz CT molecular complexity index is 1150. The zero-order valence-corrected chi connectivity index (χ0v) is 15.6. The van der Waals surface area contributed by atoms with Gasteiger partial charge >= 0.3 is 0 Å². The van der Waals surface area contributed by atoms with Crippen LogP contribution in [0.2, 0.25) is 5.02 Å². The maximum atomic E-state index is 12.8. The van der Waals surface area contributed by atoms with Crippen molar-refractivity contribution in [1.29, 1.82) is 0 Å². The Kier molecular flexibility index (Phi) is 4.96. The second-order valence-corrected chi connectivity index (χ2v) is 6.78. The summed E-state index contributed by atoms with van der Waals surface area (Å²) in [7, 11) is 0. The number of fused-ring (bicyclic) bond motifs is 1. The van der Waals surface area contributed by atoms with Gasteiger partial charge in [-0.15, -0.1) is 0 Å². The normalized spacial score (nSPS) is 11.9. The first-order valence-electron chi connectivity index (χ1n) is 8.82. The monoisotopic (exact) mass is 388 g/mol. The summed E-state index contributed by atoms with van der Waals surface area (Å²) < 4.78 is 0. The molecule has 0 radical (unpaired) electrons. The van der Waals surface area contributed by atoms with Gasteiger partial charge < -0.3 is 10.4 Å². The summed E-state index contributed by atoms with van der Waals surface area (Å²) >= 11 is 6.42. The van der Waals surface area contributed by atoms with Crippen LogP contribution in [-0.4, -0.2) is 16.0 Å². The van der Waals surface area contributed by atoms with Gasteiger partial charge in [-0.2, -0.15) is 0 Å². The van der Waals surface area contributed by atoms with Crippen LogP contribution in [0.5, 0.6) is 5.75 Å². The van der Waals surface area contributed by atoms with Gasteiger partial charge in [-0.1, -0.05) is 66.2 Å². The number of carbonyl (C=O) groups is 1. The molecule has 0 unspecified atom stereocenters. The third kappa shape index (κ3) is 3.42. The van der Waals surface area contributed by atoms with E-state index in [1.165, 1.54) is 0 Å². The maximum absolute atomic E-state index is 12.8. The van der Waals surface area contributed by atoms with E-state index in [1.807, 2.05) is 42.5 Å². The van der Waals surface area contributed by atoms with Crippen LogP contribution in [0.1, 0.15) is 27.5 Å². The number of phenols is 1.